The maximum atomic E-state index is 12.1. The second kappa shape index (κ2) is 6.60. The summed E-state index contributed by atoms with van der Waals surface area (Å²) in [6.45, 7) is 5.27. The van der Waals surface area contributed by atoms with Crippen molar-refractivity contribution < 1.29 is 28.7 Å². The number of hydrogen-bond acceptors (Lipinski definition) is 6. The Bertz CT molecular complexity index is 567. The first-order valence-corrected chi connectivity index (χ1v) is 7.82. The van der Waals surface area contributed by atoms with Gasteiger partial charge in [0, 0.05) is 31.2 Å². The minimum atomic E-state index is -1.33. The molecular formula is C16H21NO6. The van der Waals surface area contributed by atoms with E-state index >= 15 is 0 Å². The molecular weight excluding hydrogens is 302 g/mol. The number of rotatable bonds is 5. The first kappa shape index (κ1) is 17.3. The minimum Gasteiger partial charge on any atom is -0.446 e. The standard InChI is InChI=1S/C16H21NO6/c1-8(2)10-7-12(19)17(16(10)22)5-4-13(20)23-15-11(18)6-9(3)14(15)21/h8-10,15H,4-7H2,1-3H3. The number of likely N-dealkylation sites (tertiary alicyclic amines) is 1. The predicted octanol–water partition coefficient (Wildman–Crippen LogP) is 0.497. The van der Waals surface area contributed by atoms with Crippen molar-refractivity contribution in [3.8, 4) is 0 Å². The van der Waals surface area contributed by atoms with Crippen molar-refractivity contribution >= 4 is 29.4 Å². The Morgan fingerprint density at radius 3 is 2.35 bits per heavy atom. The second-order valence-electron chi connectivity index (χ2n) is 6.53. The van der Waals surface area contributed by atoms with E-state index in [1.54, 1.807) is 6.92 Å². The first-order valence-electron chi connectivity index (χ1n) is 7.82. The van der Waals surface area contributed by atoms with Crippen molar-refractivity contribution in [1.82, 2.24) is 4.90 Å². The minimum absolute atomic E-state index is 0.0543. The Labute approximate surface area is 134 Å². The SMILES string of the molecule is CC1CC(=O)C(OC(=O)CCN2C(=O)CC(C(C)C)C2=O)C1=O. The van der Waals surface area contributed by atoms with Crippen molar-refractivity contribution in [2.24, 2.45) is 17.8 Å². The van der Waals surface area contributed by atoms with Crippen LogP contribution < -0.4 is 0 Å². The molecule has 23 heavy (non-hydrogen) atoms. The van der Waals surface area contributed by atoms with E-state index in [0.717, 1.165) is 4.90 Å². The Kier molecular flexibility index (Phi) is 4.97. The number of ketones is 2. The van der Waals surface area contributed by atoms with Crippen LogP contribution in [-0.4, -0.2) is 46.9 Å². The Hall–Kier alpha value is -2.05. The topological polar surface area (TPSA) is 97.8 Å². The van der Waals surface area contributed by atoms with Crippen LogP contribution in [0.15, 0.2) is 0 Å². The van der Waals surface area contributed by atoms with Crippen LogP contribution in [0.1, 0.15) is 40.0 Å². The summed E-state index contributed by atoms with van der Waals surface area (Å²) in [5.41, 5.74) is 0. The lowest BCUT2D eigenvalue weighted by Crippen LogP contribution is -2.35. The van der Waals surface area contributed by atoms with Gasteiger partial charge in [-0.1, -0.05) is 20.8 Å². The molecule has 2 amide bonds. The van der Waals surface area contributed by atoms with Gasteiger partial charge in [-0.25, -0.2) is 0 Å². The molecule has 0 aromatic rings. The number of Topliss-reactive ketones (excluding diaryl/α,β-unsaturated/α-hetero) is 2. The zero-order valence-electron chi connectivity index (χ0n) is 13.5. The smallest absolute Gasteiger partial charge is 0.308 e. The van der Waals surface area contributed by atoms with Gasteiger partial charge in [-0.05, 0) is 5.92 Å². The molecule has 3 unspecified atom stereocenters. The molecule has 1 aliphatic heterocycles. The average molecular weight is 323 g/mol. The van der Waals surface area contributed by atoms with Gasteiger partial charge >= 0.3 is 5.97 Å². The Morgan fingerprint density at radius 1 is 1.22 bits per heavy atom. The van der Waals surface area contributed by atoms with Gasteiger partial charge in [0.2, 0.25) is 17.9 Å². The molecule has 0 aromatic carbocycles. The van der Waals surface area contributed by atoms with Gasteiger partial charge < -0.3 is 4.74 Å². The summed E-state index contributed by atoms with van der Waals surface area (Å²) in [6.07, 6.45) is -1.31. The zero-order valence-corrected chi connectivity index (χ0v) is 13.5. The van der Waals surface area contributed by atoms with Crippen molar-refractivity contribution in [3.05, 3.63) is 0 Å². The highest BCUT2D eigenvalue weighted by Gasteiger charge is 2.42. The molecule has 3 atom stereocenters. The number of amides is 2. The first-order chi connectivity index (χ1) is 10.7. The number of imide groups is 1. The van der Waals surface area contributed by atoms with Crippen LogP contribution in [0.25, 0.3) is 0 Å². The molecule has 0 bridgehead atoms. The van der Waals surface area contributed by atoms with E-state index in [1.807, 2.05) is 13.8 Å². The van der Waals surface area contributed by atoms with Gasteiger partial charge in [-0.2, -0.15) is 0 Å². The maximum absolute atomic E-state index is 12.1. The summed E-state index contributed by atoms with van der Waals surface area (Å²) in [5.74, 6) is -2.85. The summed E-state index contributed by atoms with van der Waals surface area (Å²) < 4.78 is 4.92. The summed E-state index contributed by atoms with van der Waals surface area (Å²) in [5, 5.41) is 0. The van der Waals surface area contributed by atoms with Crippen LogP contribution in [0.2, 0.25) is 0 Å². The van der Waals surface area contributed by atoms with Gasteiger partial charge in [0.15, 0.2) is 11.6 Å². The molecule has 2 aliphatic rings. The van der Waals surface area contributed by atoms with E-state index in [9.17, 15) is 24.0 Å². The highest BCUT2D eigenvalue weighted by molar-refractivity contribution is 6.13. The molecule has 1 saturated heterocycles. The Morgan fingerprint density at radius 2 is 1.87 bits per heavy atom. The van der Waals surface area contributed by atoms with Crippen molar-refractivity contribution in [2.75, 3.05) is 6.54 Å². The largest absolute Gasteiger partial charge is 0.446 e. The van der Waals surface area contributed by atoms with Crippen LogP contribution in [0.3, 0.4) is 0 Å². The third-order valence-corrected chi connectivity index (χ3v) is 4.42. The summed E-state index contributed by atoms with van der Waals surface area (Å²) in [4.78, 5) is 60.1. The molecule has 1 heterocycles. The highest BCUT2D eigenvalue weighted by atomic mass is 16.6. The monoisotopic (exact) mass is 323 g/mol. The van der Waals surface area contributed by atoms with Crippen molar-refractivity contribution in [3.63, 3.8) is 0 Å². The van der Waals surface area contributed by atoms with Crippen LogP contribution in [0.5, 0.6) is 0 Å². The van der Waals surface area contributed by atoms with E-state index < -0.39 is 29.6 Å². The summed E-state index contributed by atoms with van der Waals surface area (Å²) in [7, 11) is 0. The molecule has 7 heteroatoms. The van der Waals surface area contributed by atoms with Gasteiger partial charge in [-0.15, -0.1) is 0 Å². The number of carbonyl (C=O) groups is 5. The van der Waals surface area contributed by atoms with Crippen LogP contribution in [0, 0.1) is 17.8 Å². The van der Waals surface area contributed by atoms with Gasteiger partial charge in [0.1, 0.15) is 0 Å². The molecule has 0 N–H and O–H groups in total. The fourth-order valence-corrected chi connectivity index (χ4v) is 2.91. The normalized spacial score (nSPS) is 28.2. The fourth-order valence-electron chi connectivity index (χ4n) is 2.91. The summed E-state index contributed by atoms with van der Waals surface area (Å²) in [6, 6.07) is 0. The third kappa shape index (κ3) is 3.48. The van der Waals surface area contributed by atoms with E-state index in [1.165, 1.54) is 0 Å². The summed E-state index contributed by atoms with van der Waals surface area (Å²) >= 11 is 0. The molecule has 0 radical (unpaired) electrons. The molecule has 2 fully saturated rings. The lowest BCUT2D eigenvalue weighted by molar-refractivity contribution is -0.158. The van der Waals surface area contributed by atoms with Crippen LogP contribution in [0.4, 0.5) is 0 Å². The van der Waals surface area contributed by atoms with Crippen LogP contribution in [-0.2, 0) is 28.7 Å². The lowest BCUT2D eigenvalue weighted by Gasteiger charge is -2.16. The number of carbonyl (C=O) groups excluding carboxylic acids is 5. The van der Waals surface area contributed by atoms with E-state index in [4.69, 9.17) is 4.74 Å². The predicted molar refractivity (Wildman–Crippen MR) is 78.0 cm³/mol. The van der Waals surface area contributed by atoms with Crippen molar-refractivity contribution in [2.45, 2.75) is 46.1 Å². The fraction of sp³-hybridized carbons (Fsp3) is 0.688. The average Bonchev–Trinajstić information content (AvgIpc) is 2.88. The zero-order chi connectivity index (χ0) is 17.3. The molecule has 2 rings (SSSR count). The van der Waals surface area contributed by atoms with Gasteiger partial charge in [-0.3, -0.25) is 28.9 Å². The maximum Gasteiger partial charge on any atom is 0.308 e. The number of esters is 1. The molecule has 1 saturated carbocycles. The van der Waals surface area contributed by atoms with Crippen LogP contribution >= 0.6 is 0 Å². The van der Waals surface area contributed by atoms with E-state index in [2.05, 4.69) is 0 Å². The van der Waals surface area contributed by atoms with E-state index in [-0.39, 0.29) is 49.5 Å². The highest BCUT2D eigenvalue weighted by Crippen LogP contribution is 2.26. The van der Waals surface area contributed by atoms with Gasteiger partial charge in [0.25, 0.3) is 0 Å². The number of nitrogens with zero attached hydrogens (tertiary/aromatic N) is 1. The number of hydrogen-bond donors (Lipinski definition) is 0. The number of ether oxygens (including phenoxy) is 1. The second-order valence-corrected chi connectivity index (χ2v) is 6.53. The van der Waals surface area contributed by atoms with E-state index in [0.29, 0.717) is 0 Å². The van der Waals surface area contributed by atoms with Gasteiger partial charge in [0.05, 0.1) is 6.42 Å². The quantitative estimate of drug-likeness (QED) is 0.415. The Balaban J connectivity index is 1.88. The molecule has 126 valence electrons. The molecule has 0 spiro atoms. The lowest BCUT2D eigenvalue weighted by atomic mass is 9.94. The van der Waals surface area contributed by atoms with Crippen molar-refractivity contribution in [1.29, 1.82) is 0 Å². The molecule has 0 aromatic heterocycles. The molecule has 7 nitrogen and oxygen atoms in total. The third-order valence-electron chi connectivity index (χ3n) is 4.42. The molecule has 1 aliphatic carbocycles.